The summed E-state index contributed by atoms with van der Waals surface area (Å²) in [5.74, 6) is 0.835. The number of nitrogens with one attached hydrogen (secondary N) is 1. The highest BCUT2D eigenvalue weighted by Crippen LogP contribution is 2.48. The van der Waals surface area contributed by atoms with Crippen LogP contribution in [-0.4, -0.2) is 12.4 Å². The summed E-state index contributed by atoms with van der Waals surface area (Å²) in [6, 6.07) is 19.1. The van der Waals surface area contributed by atoms with Gasteiger partial charge in [-0.15, -0.1) is 0 Å². The van der Waals surface area contributed by atoms with Crippen LogP contribution >= 0.6 is 0 Å². The quantitative estimate of drug-likeness (QED) is 0.450. The molecule has 0 bridgehead atoms. The fourth-order valence-electron chi connectivity index (χ4n) is 4.57. The Bertz CT molecular complexity index is 1210. The Labute approximate surface area is 200 Å². The Balaban J connectivity index is 1.90. The molecule has 1 N–H and O–H groups in total. The molecule has 0 saturated carbocycles. The van der Waals surface area contributed by atoms with Crippen molar-refractivity contribution in [2.75, 3.05) is 6.61 Å². The van der Waals surface area contributed by atoms with Gasteiger partial charge in [-0.3, -0.25) is 4.99 Å². The minimum Gasteiger partial charge on any atom is -0.493 e. The molecule has 0 spiro atoms. The van der Waals surface area contributed by atoms with E-state index in [1.165, 1.54) is 29.8 Å². The van der Waals surface area contributed by atoms with E-state index in [4.69, 9.17) is 9.73 Å². The normalized spacial score (nSPS) is 22.3. The number of halogens is 2. The number of ether oxygens (including phenoxy) is 1. The standard InChI is InChI=1S/C29H32F2N2O/c1-7-34-25-18-21(27(2,3)4)12-17-24(25)26-32-28(5,19-8-13-22(30)14-9-19)29(6,33-26)20-10-15-23(31)16-11-20/h8-18H,7H2,1-6H3,(H,32,33)/t28-,29-/m0/s1. The zero-order valence-electron chi connectivity index (χ0n) is 20.7. The van der Waals surface area contributed by atoms with Gasteiger partial charge in [0.1, 0.15) is 28.8 Å². The third-order valence-corrected chi connectivity index (χ3v) is 6.91. The third kappa shape index (κ3) is 4.08. The highest BCUT2D eigenvalue weighted by atomic mass is 19.1. The van der Waals surface area contributed by atoms with E-state index < -0.39 is 11.1 Å². The monoisotopic (exact) mass is 462 g/mol. The van der Waals surface area contributed by atoms with Crippen LogP contribution in [0, 0.1) is 11.6 Å². The summed E-state index contributed by atoms with van der Waals surface area (Å²) in [6.07, 6.45) is 0. The Morgan fingerprint density at radius 3 is 1.94 bits per heavy atom. The first kappa shape index (κ1) is 23.9. The van der Waals surface area contributed by atoms with Gasteiger partial charge in [0.2, 0.25) is 0 Å². The molecule has 1 heterocycles. The van der Waals surface area contributed by atoms with Crippen molar-refractivity contribution < 1.29 is 13.5 Å². The zero-order valence-corrected chi connectivity index (χ0v) is 20.7. The lowest BCUT2D eigenvalue weighted by molar-refractivity contribution is 0.268. The van der Waals surface area contributed by atoms with E-state index in [1.54, 1.807) is 24.3 Å². The molecule has 3 aromatic carbocycles. The van der Waals surface area contributed by atoms with Crippen LogP contribution < -0.4 is 10.1 Å². The van der Waals surface area contributed by atoms with Gasteiger partial charge in [0, 0.05) is 0 Å². The first-order valence-corrected chi connectivity index (χ1v) is 11.7. The van der Waals surface area contributed by atoms with Gasteiger partial charge in [0.15, 0.2) is 0 Å². The van der Waals surface area contributed by atoms with Gasteiger partial charge in [-0.05, 0) is 79.3 Å². The molecule has 34 heavy (non-hydrogen) atoms. The summed E-state index contributed by atoms with van der Waals surface area (Å²) in [6.45, 7) is 13.1. The van der Waals surface area contributed by atoms with E-state index in [2.05, 4.69) is 38.2 Å². The summed E-state index contributed by atoms with van der Waals surface area (Å²) in [4.78, 5) is 5.19. The first-order chi connectivity index (χ1) is 16.0. The molecule has 0 amide bonds. The summed E-state index contributed by atoms with van der Waals surface area (Å²) in [5, 5.41) is 3.63. The van der Waals surface area contributed by atoms with E-state index in [0.717, 1.165) is 22.4 Å². The number of amidine groups is 1. The van der Waals surface area contributed by atoms with E-state index in [-0.39, 0.29) is 17.0 Å². The maximum absolute atomic E-state index is 13.8. The fraction of sp³-hybridized carbons (Fsp3) is 0.345. The Kier molecular flexibility index (Phi) is 6.01. The van der Waals surface area contributed by atoms with Gasteiger partial charge >= 0.3 is 0 Å². The first-order valence-electron chi connectivity index (χ1n) is 11.7. The van der Waals surface area contributed by atoms with Gasteiger partial charge in [-0.25, -0.2) is 8.78 Å². The number of rotatable bonds is 5. The highest BCUT2D eigenvalue weighted by molar-refractivity contribution is 6.03. The predicted molar refractivity (Wildman–Crippen MR) is 133 cm³/mol. The summed E-state index contributed by atoms with van der Waals surface area (Å²) in [5.41, 5.74) is 2.21. The number of benzene rings is 3. The Hall–Kier alpha value is -3.21. The topological polar surface area (TPSA) is 33.6 Å². The van der Waals surface area contributed by atoms with Crippen molar-refractivity contribution >= 4 is 5.84 Å². The minimum atomic E-state index is -0.792. The molecule has 2 atom stereocenters. The summed E-state index contributed by atoms with van der Waals surface area (Å²) < 4.78 is 33.6. The second-order valence-electron chi connectivity index (χ2n) is 10.2. The minimum absolute atomic E-state index is 0.0272. The van der Waals surface area contributed by atoms with Crippen LogP contribution in [0.15, 0.2) is 71.7 Å². The van der Waals surface area contributed by atoms with Crippen LogP contribution in [0.4, 0.5) is 8.78 Å². The molecule has 4 rings (SSSR count). The molecule has 0 unspecified atom stereocenters. The molecule has 3 nitrogen and oxygen atoms in total. The third-order valence-electron chi connectivity index (χ3n) is 6.91. The lowest BCUT2D eigenvalue weighted by Gasteiger charge is -2.40. The maximum atomic E-state index is 13.8. The summed E-state index contributed by atoms with van der Waals surface area (Å²) >= 11 is 0. The fourth-order valence-corrected chi connectivity index (χ4v) is 4.57. The van der Waals surface area contributed by atoms with Gasteiger partial charge in [0.25, 0.3) is 0 Å². The van der Waals surface area contributed by atoms with Gasteiger partial charge in [0.05, 0.1) is 17.7 Å². The second-order valence-corrected chi connectivity index (χ2v) is 10.2. The average molecular weight is 463 g/mol. The van der Waals surface area contributed by atoms with Crippen LogP contribution in [0.2, 0.25) is 0 Å². The van der Waals surface area contributed by atoms with Gasteiger partial charge in [-0.2, -0.15) is 0 Å². The highest BCUT2D eigenvalue weighted by Gasteiger charge is 2.52. The number of hydrogen-bond donors (Lipinski definition) is 1. The number of aliphatic imine (C=N–C) groups is 1. The molecule has 0 radical (unpaired) electrons. The second kappa shape index (κ2) is 8.53. The molecule has 0 fully saturated rings. The van der Waals surface area contributed by atoms with Crippen molar-refractivity contribution in [2.24, 2.45) is 4.99 Å². The van der Waals surface area contributed by atoms with Crippen LogP contribution in [0.25, 0.3) is 0 Å². The molecule has 1 aliphatic heterocycles. The smallest absolute Gasteiger partial charge is 0.133 e. The van der Waals surface area contributed by atoms with Crippen LogP contribution in [-0.2, 0) is 16.5 Å². The largest absolute Gasteiger partial charge is 0.493 e. The van der Waals surface area contributed by atoms with Crippen molar-refractivity contribution in [3.8, 4) is 5.75 Å². The zero-order chi connectivity index (χ0) is 24.7. The SMILES string of the molecule is CCOc1cc(C(C)(C)C)ccc1C1=N[C@@](C)(c2ccc(F)cc2)[C@](C)(c2ccc(F)cc2)N1. The van der Waals surface area contributed by atoms with Crippen LogP contribution in [0.1, 0.15) is 63.8 Å². The van der Waals surface area contributed by atoms with Gasteiger partial charge < -0.3 is 10.1 Å². The molecule has 0 saturated heterocycles. The van der Waals surface area contributed by atoms with Crippen molar-refractivity contribution in [2.45, 2.75) is 58.0 Å². The molecule has 0 aliphatic carbocycles. The molecule has 3 aromatic rings. The van der Waals surface area contributed by atoms with Crippen molar-refractivity contribution in [1.29, 1.82) is 0 Å². The molecule has 178 valence electrons. The number of nitrogens with zero attached hydrogens (tertiary/aromatic N) is 1. The Morgan fingerprint density at radius 1 is 0.853 bits per heavy atom. The van der Waals surface area contributed by atoms with E-state index in [1.807, 2.05) is 26.8 Å². The number of hydrogen-bond acceptors (Lipinski definition) is 3. The molecular formula is C29H32F2N2O. The molecule has 5 heteroatoms. The van der Waals surface area contributed by atoms with Crippen molar-refractivity contribution in [1.82, 2.24) is 5.32 Å². The average Bonchev–Trinajstić information content (AvgIpc) is 3.06. The van der Waals surface area contributed by atoms with E-state index >= 15 is 0 Å². The van der Waals surface area contributed by atoms with Crippen LogP contribution in [0.5, 0.6) is 5.75 Å². The van der Waals surface area contributed by atoms with Crippen molar-refractivity contribution in [3.05, 3.63) is 101 Å². The maximum Gasteiger partial charge on any atom is 0.133 e. The molecular weight excluding hydrogens is 430 g/mol. The van der Waals surface area contributed by atoms with E-state index in [9.17, 15) is 8.78 Å². The Morgan fingerprint density at radius 2 is 1.41 bits per heavy atom. The molecule has 0 aromatic heterocycles. The summed E-state index contributed by atoms with van der Waals surface area (Å²) in [7, 11) is 0. The van der Waals surface area contributed by atoms with Crippen molar-refractivity contribution in [3.63, 3.8) is 0 Å². The lowest BCUT2D eigenvalue weighted by Crippen LogP contribution is -2.50. The van der Waals surface area contributed by atoms with E-state index in [0.29, 0.717) is 12.4 Å². The van der Waals surface area contributed by atoms with Crippen LogP contribution in [0.3, 0.4) is 0 Å². The molecule has 1 aliphatic rings. The predicted octanol–water partition coefficient (Wildman–Crippen LogP) is 6.84. The lowest BCUT2D eigenvalue weighted by atomic mass is 9.72. The van der Waals surface area contributed by atoms with Gasteiger partial charge in [-0.1, -0.05) is 51.1 Å².